The van der Waals surface area contributed by atoms with E-state index in [2.05, 4.69) is 4.98 Å². The summed E-state index contributed by atoms with van der Waals surface area (Å²) >= 11 is 6.03. The fourth-order valence-corrected chi connectivity index (χ4v) is 1.92. The molecule has 1 N–H and O–H groups in total. The number of Topliss-reactive ketones (excluding diaryl/α,β-unsaturated/α-hetero) is 1. The van der Waals surface area contributed by atoms with Crippen LogP contribution in [-0.4, -0.2) is 10.8 Å². The molecule has 0 amide bonds. The summed E-state index contributed by atoms with van der Waals surface area (Å²) < 4.78 is 0. The first-order chi connectivity index (χ1) is 7.18. The molecule has 0 bridgehead atoms. The summed E-state index contributed by atoms with van der Waals surface area (Å²) in [5.74, 6) is 0.214. The van der Waals surface area contributed by atoms with Gasteiger partial charge in [0.05, 0.1) is 10.5 Å². The van der Waals surface area contributed by atoms with Crippen LogP contribution in [0, 0.1) is 0 Å². The van der Waals surface area contributed by atoms with E-state index in [1.807, 2.05) is 24.4 Å². The summed E-state index contributed by atoms with van der Waals surface area (Å²) in [6, 6.07) is 5.80. The standard InChI is InChI=1S/C12H12ClNO/c1-8(15)5-6-9-7-14-12-10(9)3-2-4-11(12)13/h2-4,7,14H,5-6H2,1H3. The number of carbonyl (C=O) groups excluding carboxylic acids is 1. The van der Waals surface area contributed by atoms with Gasteiger partial charge in [-0.2, -0.15) is 0 Å². The molecule has 0 fully saturated rings. The van der Waals surface area contributed by atoms with E-state index >= 15 is 0 Å². The average molecular weight is 222 g/mol. The maximum absolute atomic E-state index is 10.9. The Kier molecular flexibility index (Phi) is 2.78. The lowest BCUT2D eigenvalue weighted by Crippen LogP contribution is -1.92. The number of hydrogen-bond acceptors (Lipinski definition) is 1. The van der Waals surface area contributed by atoms with Gasteiger partial charge in [0.1, 0.15) is 5.78 Å². The molecule has 0 saturated heterocycles. The van der Waals surface area contributed by atoms with Crippen molar-refractivity contribution in [2.75, 3.05) is 0 Å². The first kappa shape index (κ1) is 10.2. The highest BCUT2D eigenvalue weighted by molar-refractivity contribution is 6.35. The summed E-state index contributed by atoms with van der Waals surface area (Å²) in [6.07, 6.45) is 3.29. The zero-order valence-electron chi connectivity index (χ0n) is 8.51. The predicted molar refractivity (Wildman–Crippen MR) is 62.3 cm³/mol. The second-order valence-electron chi connectivity index (χ2n) is 3.68. The molecule has 0 aliphatic heterocycles. The van der Waals surface area contributed by atoms with Gasteiger partial charge in [-0.3, -0.25) is 0 Å². The highest BCUT2D eigenvalue weighted by Gasteiger charge is 2.06. The van der Waals surface area contributed by atoms with Gasteiger partial charge in [-0.15, -0.1) is 0 Å². The third-order valence-corrected chi connectivity index (χ3v) is 2.81. The number of benzene rings is 1. The molecule has 0 atom stereocenters. The van der Waals surface area contributed by atoms with Crippen LogP contribution >= 0.6 is 11.6 Å². The van der Waals surface area contributed by atoms with Gasteiger partial charge in [0.2, 0.25) is 0 Å². The lowest BCUT2D eigenvalue weighted by Gasteiger charge is -1.97. The summed E-state index contributed by atoms with van der Waals surface area (Å²) in [5, 5.41) is 1.84. The first-order valence-electron chi connectivity index (χ1n) is 4.92. The number of halogens is 1. The van der Waals surface area contributed by atoms with E-state index in [1.54, 1.807) is 6.92 Å². The minimum Gasteiger partial charge on any atom is -0.360 e. The number of aromatic nitrogens is 1. The Balaban J connectivity index is 2.37. The molecule has 2 aromatic rings. The molecule has 0 aliphatic carbocycles. The minimum absolute atomic E-state index is 0.214. The predicted octanol–water partition coefficient (Wildman–Crippen LogP) is 3.34. The molecule has 15 heavy (non-hydrogen) atoms. The smallest absolute Gasteiger partial charge is 0.130 e. The molecule has 0 aliphatic rings. The van der Waals surface area contributed by atoms with Gasteiger partial charge in [0, 0.05) is 18.0 Å². The number of carbonyl (C=O) groups is 1. The molecule has 2 nitrogen and oxygen atoms in total. The summed E-state index contributed by atoms with van der Waals surface area (Å²) in [6.45, 7) is 1.61. The summed E-state index contributed by atoms with van der Waals surface area (Å²) in [5.41, 5.74) is 2.11. The Morgan fingerprint density at radius 1 is 1.47 bits per heavy atom. The number of para-hydroxylation sites is 1. The molecule has 0 spiro atoms. The third kappa shape index (κ3) is 2.05. The number of ketones is 1. The fourth-order valence-electron chi connectivity index (χ4n) is 1.69. The van der Waals surface area contributed by atoms with Crippen LogP contribution in [-0.2, 0) is 11.2 Å². The van der Waals surface area contributed by atoms with Crippen LogP contribution in [0.3, 0.4) is 0 Å². The van der Waals surface area contributed by atoms with Crippen molar-refractivity contribution in [1.82, 2.24) is 4.98 Å². The number of aromatic amines is 1. The second-order valence-corrected chi connectivity index (χ2v) is 4.09. The van der Waals surface area contributed by atoms with E-state index < -0.39 is 0 Å². The Labute approximate surface area is 93.2 Å². The highest BCUT2D eigenvalue weighted by Crippen LogP contribution is 2.25. The van der Waals surface area contributed by atoms with E-state index in [9.17, 15) is 4.79 Å². The maximum atomic E-state index is 10.9. The second kappa shape index (κ2) is 4.07. The third-order valence-electron chi connectivity index (χ3n) is 2.50. The van der Waals surface area contributed by atoms with Crippen LogP contribution < -0.4 is 0 Å². The Morgan fingerprint density at radius 3 is 3.00 bits per heavy atom. The van der Waals surface area contributed by atoms with Crippen molar-refractivity contribution in [2.45, 2.75) is 19.8 Å². The van der Waals surface area contributed by atoms with Crippen molar-refractivity contribution < 1.29 is 4.79 Å². The van der Waals surface area contributed by atoms with Crippen molar-refractivity contribution in [2.24, 2.45) is 0 Å². The zero-order valence-corrected chi connectivity index (χ0v) is 9.27. The molecule has 3 heteroatoms. The minimum atomic E-state index is 0.214. The van der Waals surface area contributed by atoms with Crippen molar-refractivity contribution >= 4 is 28.3 Å². The van der Waals surface area contributed by atoms with Crippen LogP contribution in [0.5, 0.6) is 0 Å². The normalized spacial score (nSPS) is 10.8. The van der Waals surface area contributed by atoms with Crippen molar-refractivity contribution in [3.05, 3.63) is 35.0 Å². The fraction of sp³-hybridized carbons (Fsp3) is 0.250. The van der Waals surface area contributed by atoms with Crippen LogP contribution in [0.2, 0.25) is 5.02 Å². The van der Waals surface area contributed by atoms with Crippen molar-refractivity contribution in [1.29, 1.82) is 0 Å². The monoisotopic (exact) mass is 221 g/mol. The van der Waals surface area contributed by atoms with Gasteiger partial charge < -0.3 is 9.78 Å². The van der Waals surface area contributed by atoms with Gasteiger partial charge in [-0.25, -0.2) is 0 Å². The zero-order chi connectivity index (χ0) is 10.8. The van der Waals surface area contributed by atoms with Crippen LogP contribution in [0.4, 0.5) is 0 Å². The van der Waals surface area contributed by atoms with Gasteiger partial charge in [0.15, 0.2) is 0 Å². The number of nitrogens with one attached hydrogen (secondary N) is 1. The molecule has 0 unspecified atom stereocenters. The SMILES string of the molecule is CC(=O)CCc1c[nH]c2c(Cl)cccc12. The Morgan fingerprint density at radius 2 is 2.27 bits per heavy atom. The van der Waals surface area contributed by atoms with E-state index in [0.29, 0.717) is 6.42 Å². The van der Waals surface area contributed by atoms with Gasteiger partial charge in [-0.05, 0) is 25.0 Å². The van der Waals surface area contributed by atoms with Crippen molar-refractivity contribution in [3.8, 4) is 0 Å². The first-order valence-corrected chi connectivity index (χ1v) is 5.30. The van der Waals surface area contributed by atoms with Crippen LogP contribution in [0.25, 0.3) is 10.9 Å². The number of H-pyrrole nitrogens is 1. The molecule has 0 saturated carbocycles. The van der Waals surface area contributed by atoms with Crippen LogP contribution in [0.1, 0.15) is 18.9 Å². The Bertz CT molecular complexity index is 501. The molecule has 1 heterocycles. The quantitative estimate of drug-likeness (QED) is 0.847. The van der Waals surface area contributed by atoms with Crippen LogP contribution in [0.15, 0.2) is 24.4 Å². The topological polar surface area (TPSA) is 32.9 Å². The molecule has 1 aromatic carbocycles. The van der Waals surface area contributed by atoms with Gasteiger partial charge in [0.25, 0.3) is 0 Å². The van der Waals surface area contributed by atoms with E-state index in [0.717, 1.165) is 27.9 Å². The molecular formula is C12H12ClNO. The molecular weight excluding hydrogens is 210 g/mol. The summed E-state index contributed by atoms with van der Waals surface area (Å²) in [4.78, 5) is 14.0. The lowest BCUT2D eigenvalue weighted by molar-refractivity contribution is -0.116. The molecule has 1 aromatic heterocycles. The largest absolute Gasteiger partial charge is 0.360 e. The molecule has 0 radical (unpaired) electrons. The van der Waals surface area contributed by atoms with E-state index in [4.69, 9.17) is 11.6 Å². The van der Waals surface area contributed by atoms with Crippen molar-refractivity contribution in [3.63, 3.8) is 0 Å². The average Bonchev–Trinajstić information content (AvgIpc) is 2.59. The van der Waals surface area contributed by atoms with E-state index in [-0.39, 0.29) is 5.78 Å². The maximum Gasteiger partial charge on any atom is 0.130 e. The molecule has 2 rings (SSSR count). The summed E-state index contributed by atoms with van der Waals surface area (Å²) in [7, 11) is 0. The highest BCUT2D eigenvalue weighted by atomic mass is 35.5. The lowest BCUT2D eigenvalue weighted by atomic mass is 10.1. The number of fused-ring (bicyclic) bond motifs is 1. The molecule has 78 valence electrons. The Hall–Kier alpha value is -1.28. The number of aryl methyl sites for hydroxylation is 1. The van der Waals surface area contributed by atoms with Gasteiger partial charge in [-0.1, -0.05) is 23.7 Å². The number of rotatable bonds is 3. The number of hydrogen-bond donors (Lipinski definition) is 1. The van der Waals surface area contributed by atoms with Gasteiger partial charge >= 0.3 is 0 Å². The van der Waals surface area contributed by atoms with E-state index in [1.165, 1.54) is 0 Å².